The molecule has 0 radical (unpaired) electrons. The summed E-state index contributed by atoms with van der Waals surface area (Å²) in [6.45, 7) is 8.66. The summed E-state index contributed by atoms with van der Waals surface area (Å²) in [5, 5.41) is 26.0. The molecule has 4 heterocycles. The maximum atomic E-state index is 12.7. The van der Waals surface area contributed by atoms with Crippen LogP contribution in [0.2, 0.25) is 0 Å². The SMILES string of the molecule is CC1CN(CC(C)(O)COc2ccc3c4n(c(=NC(=O)c5cnc(N)nc5)nc3c2O)CCN4)CC(C)O1. The third-order valence-corrected chi connectivity index (χ3v) is 6.44. The first-order valence-corrected chi connectivity index (χ1v) is 12.5. The number of aromatic hydroxyl groups is 1. The number of anilines is 2. The van der Waals surface area contributed by atoms with Crippen LogP contribution in [0.1, 0.15) is 31.1 Å². The smallest absolute Gasteiger partial charge is 0.283 e. The first-order valence-electron chi connectivity index (χ1n) is 12.5. The quantitative estimate of drug-likeness (QED) is 0.354. The van der Waals surface area contributed by atoms with Crippen LogP contribution in [0.3, 0.4) is 0 Å². The Hall–Kier alpha value is -3.81. The molecule has 5 rings (SSSR count). The van der Waals surface area contributed by atoms with Crippen molar-refractivity contribution in [2.45, 2.75) is 45.1 Å². The fraction of sp³-hybridized carbons (Fsp3) is 0.480. The van der Waals surface area contributed by atoms with E-state index < -0.39 is 11.5 Å². The molecule has 3 unspecified atom stereocenters. The van der Waals surface area contributed by atoms with Crippen molar-refractivity contribution in [3.8, 4) is 11.5 Å². The Labute approximate surface area is 219 Å². The number of carbonyl (C=O) groups excluding carboxylic acids is 1. The molecule has 0 aliphatic carbocycles. The standard InChI is InChI=1S/C25H32N8O5/c1-14-10-32(11-15(2)38-14)12-25(3,36)13-37-18-5-4-17-19(20(18)34)30-24(33-7-6-27-21(17)33)31-22(35)16-8-28-23(26)29-9-16/h4-5,8-9,14-15,27,34,36H,6-7,10-13H2,1-3H3,(H2,26,28,29). The highest BCUT2D eigenvalue weighted by molar-refractivity contribution is 5.96. The highest BCUT2D eigenvalue weighted by atomic mass is 16.5. The zero-order valence-corrected chi connectivity index (χ0v) is 21.6. The molecule has 0 bridgehead atoms. The lowest BCUT2D eigenvalue weighted by molar-refractivity contribution is -0.0952. The van der Waals surface area contributed by atoms with E-state index in [2.05, 4.69) is 30.2 Å². The number of aliphatic hydroxyl groups is 1. The Bertz CT molecular complexity index is 1410. The molecule has 13 heteroatoms. The van der Waals surface area contributed by atoms with Gasteiger partial charge in [-0.3, -0.25) is 14.3 Å². The minimum Gasteiger partial charge on any atom is -0.503 e. The van der Waals surface area contributed by atoms with Gasteiger partial charge in [-0.25, -0.2) is 15.0 Å². The average molecular weight is 525 g/mol. The monoisotopic (exact) mass is 524 g/mol. The minimum absolute atomic E-state index is 0.0447. The highest BCUT2D eigenvalue weighted by Gasteiger charge is 2.30. The molecule has 0 spiro atoms. The number of nitrogens with zero attached hydrogens (tertiary/aromatic N) is 6. The largest absolute Gasteiger partial charge is 0.503 e. The van der Waals surface area contributed by atoms with Gasteiger partial charge in [-0.1, -0.05) is 0 Å². The first-order chi connectivity index (χ1) is 18.1. The van der Waals surface area contributed by atoms with Crippen molar-refractivity contribution in [1.82, 2.24) is 24.4 Å². The first kappa shape index (κ1) is 25.8. The van der Waals surface area contributed by atoms with Crippen molar-refractivity contribution in [3.63, 3.8) is 0 Å². The van der Waals surface area contributed by atoms with Crippen molar-refractivity contribution in [2.75, 3.05) is 43.8 Å². The van der Waals surface area contributed by atoms with Crippen molar-refractivity contribution < 1.29 is 24.5 Å². The van der Waals surface area contributed by atoms with Gasteiger partial charge in [0, 0.05) is 50.5 Å². The number of morpholine rings is 1. The number of ether oxygens (including phenoxy) is 2. The van der Waals surface area contributed by atoms with Crippen LogP contribution in [0.5, 0.6) is 11.5 Å². The molecule has 1 aromatic carbocycles. The van der Waals surface area contributed by atoms with Gasteiger partial charge in [0.05, 0.1) is 17.8 Å². The maximum absolute atomic E-state index is 12.7. The van der Waals surface area contributed by atoms with Crippen LogP contribution in [-0.4, -0.2) is 91.1 Å². The highest BCUT2D eigenvalue weighted by Crippen LogP contribution is 2.36. The molecule has 1 fully saturated rings. The molecule has 3 atom stereocenters. The molecule has 13 nitrogen and oxygen atoms in total. The number of rotatable bonds is 6. The second-order valence-electron chi connectivity index (χ2n) is 10.1. The number of nitrogens with one attached hydrogen (secondary N) is 1. The maximum Gasteiger partial charge on any atom is 0.283 e. The summed E-state index contributed by atoms with van der Waals surface area (Å²) in [5.41, 5.74) is 4.83. The number of hydrogen-bond acceptors (Lipinski definition) is 11. The van der Waals surface area contributed by atoms with Crippen LogP contribution >= 0.6 is 0 Å². The molecule has 0 saturated carbocycles. The van der Waals surface area contributed by atoms with Crippen molar-refractivity contribution in [1.29, 1.82) is 0 Å². The summed E-state index contributed by atoms with van der Waals surface area (Å²) in [7, 11) is 0. The third-order valence-electron chi connectivity index (χ3n) is 6.44. The Balaban J connectivity index is 1.41. The van der Waals surface area contributed by atoms with Gasteiger partial charge in [0.1, 0.15) is 23.5 Å². The fourth-order valence-electron chi connectivity index (χ4n) is 4.94. The van der Waals surface area contributed by atoms with Crippen LogP contribution in [0.25, 0.3) is 10.9 Å². The van der Waals surface area contributed by atoms with Crippen LogP contribution in [0.4, 0.5) is 11.8 Å². The molecule has 2 aromatic heterocycles. The molecule has 3 aromatic rings. The molecule has 2 aliphatic rings. The molecule has 38 heavy (non-hydrogen) atoms. The number of fused-ring (bicyclic) bond motifs is 3. The lowest BCUT2D eigenvalue weighted by Gasteiger charge is -2.38. The Morgan fingerprint density at radius 1 is 1.29 bits per heavy atom. The van der Waals surface area contributed by atoms with E-state index in [1.54, 1.807) is 23.6 Å². The Morgan fingerprint density at radius 2 is 2.00 bits per heavy atom. The number of nitrogens with two attached hydrogens (primary N) is 1. The van der Waals surface area contributed by atoms with Crippen molar-refractivity contribution >= 4 is 28.6 Å². The predicted molar refractivity (Wildman–Crippen MR) is 139 cm³/mol. The minimum atomic E-state index is -1.17. The number of hydrogen-bond donors (Lipinski definition) is 4. The van der Waals surface area contributed by atoms with Gasteiger partial charge in [-0.2, -0.15) is 4.99 Å². The number of nitrogen functional groups attached to an aromatic ring is 1. The van der Waals surface area contributed by atoms with Gasteiger partial charge in [-0.05, 0) is 32.9 Å². The molecular weight excluding hydrogens is 492 g/mol. The lowest BCUT2D eigenvalue weighted by atomic mass is 10.1. The number of β-amino-alcohol motifs (C(OH)–C–C–N with tert-alkyl or cyclic N) is 1. The second-order valence-corrected chi connectivity index (χ2v) is 10.1. The van der Waals surface area contributed by atoms with E-state index in [4.69, 9.17) is 15.2 Å². The normalized spacial score (nSPS) is 21.6. The van der Waals surface area contributed by atoms with E-state index in [0.717, 1.165) is 13.1 Å². The summed E-state index contributed by atoms with van der Waals surface area (Å²) in [6.07, 6.45) is 2.76. The topological polar surface area (TPSA) is 173 Å². The molecule has 2 aliphatic heterocycles. The van der Waals surface area contributed by atoms with Crippen molar-refractivity contribution in [2.24, 2.45) is 4.99 Å². The number of phenolic OH excluding ortho intramolecular Hbond substituents is 1. The van der Waals surface area contributed by atoms with Gasteiger partial charge in [0.15, 0.2) is 11.5 Å². The van der Waals surface area contributed by atoms with E-state index in [1.165, 1.54) is 12.4 Å². The number of phenols is 1. The zero-order chi connectivity index (χ0) is 27.0. The van der Waals surface area contributed by atoms with Crippen molar-refractivity contribution in [3.05, 3.63) is 35.7 Å². The van der Waals surface area contributed by atoms with Gasteiger partial charge in [0.25, 0.3) is 5.91 Å². The second kappa shape index (κ2) is 10.2. The summed E-state index contributed by atoms with van der Waals surface area (Å²) < 4.78 is 13.4. The van der Waals surface area contributed by atoms with Crippen LogP contribution < -0.4 is 21.4 Å². The fourth-order valence-corrected chi connectivity index (χ4v) is 4.94. The van der Waals surface area contributed by atoms with Crippen LogP contribution in [0, 0.1) is 0 Å². The molecule has 1 amide bonds. The number of carbonyl (C=O) groups is 1. The zero-order valence-electron chi connectivity index (χ0n) is 21.6. The van der Waals surface area contributed by atoms with E-state index in [0.29, 0.717) is 30.8 Å². The number of benzene rings is 1. The summed E-state index contributed by atoms with van der Waals surface area (Å²) in [5.74, 6) is 0.105. The van der Waals surface area contributed by atoms with Crippen LogP contribution in [0.15, 0.2) is 29.5 Å². The van der Waals surface area contributed by atoms with Gasteiger partial charge < -0.3 is 30.7 Å². The number of aromatic nitrogens is 4. The van der Waals surface area contributed by atoms with E-state index >= 15 is 0 Å². The van der Waals surface area contributed by atoms with E-state index in [1.807, 2.05) is 13.8 Å². The van der Waals surface area contributed by atoms with E-state index in [-0.39, 0.29) is 53.0 Å². The van der Waals surface area contributed by atoms with E-state index in [9.17, 15) is 15.0 Å². The predicted octanol–water partition coefficient (Wildman–Crippen LogP) is 0.520. The molecule has 1 saturated heterocycles. The summed E-state index contributed by atoms with van der Waals surface area (Å²) >= 11 is 0. The third kappa shape index (κ3) is 5.39. The average Bonchev–Trinajstić information content (AvgIpc) is 3.34. The Morgan fingerprint density at radius 3 is 2.71 bits per heavy atom. The lowest BCUT2D eigenvalue weighted by Crippen LogP contribution is -2.52. The molecule has 5 N–H and O–H groups in total. The summed E-state index contributed by atoms with van der Waals surface area (Å²) in [6, 6.07) is 3.42. The summed E-state index contributed by atoms with van der Waals surface area (Å²) in [4.78, 5) is 31.2. The number of amides is 1. The molecule has 202 valence electrons. The Kier molecular flexibility index (Phi) is 6.90. The molecular formula is C25H32N8O5. The van der Waals surface area contributed by atoms with Crippen LogP contribution in [-0.2, 0) is 11.3 Å². The van der Waals surface area contributed by atoms with Gasteiger partial charge in [-0.15, -0.1) is 0 Å². The van der Waals surface area contributed by atoms with Gasteiger partial charge in [0.2, 0.25) is 11.6 Å². The van der Waals surface area contributed by atoms with Gasteiger partial charge >= 0.3 is 0 Å².